The molecule has 0 spiro atoms. The Kier molecular flexibility index (Phi) is 8.13. The van der Waals surface area contributed by atoms with Gasteiger partial charge in [0, 0.05) is 25.8 Å². The number of hydrogen-bond acceptors (Lipinski definition) is 5. The predicted molar refractivity (Wildman–Crippen MR) is 119 cm³/mol. The summed E-state index contributed by atoms with van der Waals surface area (Å²) in [6.45, 7) is 0.375. The Hall–Kier alpha value is -3.44. The second-order valence-corrected chi connectivity index (χ2v) is 8.99. The first kappa shape index (κ1) is 26.2. The minimum absolute atomic E-state index is 0.0134. The van der Waals surface area contributed by atoms with E-state index in [4.69, 9.17) is 8.92 Å². The van der Waals surface area contributed by atoms with Crippen LogP contribution in [0, 0.1) is 5.82 Å². The highest BCUT2D eigenvalue weighted by atomic mass is 32.2. The second kappa shape index (κ2) is 10.9. The fourth-order valence-electron chi connectivity index (χ4n) is 3.18. The van der Waals surface area contributed by atoms with Gasteiger partial charge in [0.2, 0.25) is 0 Å². The molecular weight excluding hydrogens is 490 g/mol. The molecule has 0 aromatic heterocycles. The van der Waals surface area contributed by atoms with Gasteiger partial charge in [0.15, 0.2) is 0 Å². The van der Waals surface area contributed by atoms with Gasteiger partial charge in [0.1, 0.15) is 16.5 Å². The molecule has 0 atom stereocenters. The van der Waals surface area contributed by atoms with E-state index in [0.717, 1.165) is 24.3 Å². The number of rotatable bonds is 9. The summed E-state index contributed by atoms with van der Waals surface area (Å²) < 4.78 is 87.7. The number of amides is 1. The fraction of sp³-hybridized carbons (Fsp3) is 0.208. The topological polar surface area (TPSA) is 72.9 Å². The standard InChI is InChI=1S/C24H21F4NO5S/c1-33-12-11-29(23(30)18-6-3-8-20(25)14-18)16-17-5-2-9-21(13-17)34-35(31,32)22-10-4-7-19(15-22)24(26,27)28/h2-10,13-15H,11-12,16H2,1H3. The zero-order valence-corrected chi connectivity index (χ0v) is 19.3. The van der Waals surface area contributed by atoms with Gasteiger partial charge in [-0.05, 0) is 54.1 Å². The minimum atomic E-state index is -4.72. The molecule has 3 rings (SSSR count). The monoisotopic (exact) mass is 511 g/mol. The third kappa shape index (κ3) is 7.03. The summed E-state index contributed by atoms with van der Waals surface area (Å²) in [5.74, 6) is -1.19. The smallest absolute Gasteiger partial charge is 0.383 e. The van der Waals surface area contributed by atoms with E-state index in [1.807, 2.05) is 0 Å². The molecule has 0 saturated heterocycles. The lowest BCUT2D eigenvalue weighted by atomic mass is 10.1. The Morgan fingerprint density at radius 2 is 1.69 bits per heavy atom. The summed E-state index contributed by atoms with van der Waals surface area (Å²) in [6.07, 6.45) is -4.72. The van der Waals surface area contributed by atoms with Crippen molar-refractivity contribution in [2.45, 2.75) is 17.6 Å². The molecule has 0 radical (unpaired) electrons. The first-order chi connectivity index (χ1) is 16.5. The molecule has 0 fully saturated rings. The molecule has 186 valence electrons. The van der Waals surface area contributed by atoms with Crippen LogP contribution in [0.15, 0.2) is 77.7 Å². The summed E-state index contributed by atoms with van der Waals surface area (Å²) >= 11 is 0. The minimum Gasteiger partial charge on any atom is -0.383 e. The number of hydrogen-bond donors (Lipinski definition) is 0. The van der Waals surface area contributed by atoms with Crippen molar-refractivity contribution in [2.24, 2.45) is 0 Å². The Labute approximate surface area is 199 Å². The van der Waals surface area contributed by atoms with Crippen molar-refractivity contribution < 1.29 is 39.7 Å². The molecule has 3 aromatic rings. The van der Waals surface area contributed by atoms with Crippen molar-refractivity contribution in [3.63, 3.8) is 0 Å². The van der Waals surface area contributed by atoms with Crippen molar-refractivity contribution in [3.05, 3.63) is 95.3 Å². The molecule has 0 aliphatic carbocycles. The lowest BCUT2D eigenvalue weighted by Gasteiger charge is -2.23. The van der Waals surface area contributed by atoms with E-state index in [-0.39, 0.29) is 31.0 Å². The zero-order chi connectivity index (χ0) is 25.6. The number of carbonyl (C=O) groups excluding carboxylic acids is 1. The summed E-state index contributed by atoms with van der Waals surface area (Å²) in [5.41, 5.74) is -0.524. The molecule has 0 heterocycles. The van der Waals surface area contributed by atoms with Crippen molar-refractivity contribution in [1.29, 1.82) is 0 Å². The summed E-state index contributed by atoms with van der Waals surface area (Å²) in [6, 6.07) is 14.2. The fourth-order valence-corrected chi connectivity index (χ4v) is 4.15. The van der Waals surface area contributed by atoms with Crippen LogP contribution < -0.4 is 4.18 Å². The summed E-state index contributed by atoms with van der Waals surface area (Å²) in [4.78, 5) is 13.6. The van der Waals surface area contributed by atoms with Crippen molar-refractivity contribution >= 4 is 16.0 Å². The van der Waals surface area contributed by atoms with Gasteiger partial charge in [0.05, 0.1) is 12.2 Å². The van der Waals surface area contributed by atoms with Gasteiger partial charge in [-0.1, -0.05) is 24.3 Å². The van der Waals surface area contributed by atoms with Crippen molar-refractivity contribution in [1.82, 2.24) is 4.90 Å². The molecule has 0 saturated carbocycles. The van der Waals surface area contributed by atoms with E-state index in [1.165, 1.54) is 48.4 Å². The van der Waals surface area contributed by atoms with Gasteiger partial charge in [0.25, 0.3) is 5.91 Å². The van der Waals surface area contributed by atoms with Crippen LogP contribution in [0.2, 0.25) is 0 Å². The van der Waals surface area contributed by atoms with Crippen LogP contribution >= 0.6 is 0 Å². The maximum absolute atomic E-state index is 13.6. The van der Waals surface area contributed by atoms with Crippen LogP contribution in [-0.2, 0) is 27.6 Å². The average molecular weight is 511 g/mol. The first-order valence-corrected chi connectivity index (χ1v) is 11.6. The molecule has 0 bridgehead atoms. The maximum Gasteiger partial charge on any atom is 0.416 e. The van der Waals surface area contributed by atoms with E-state index in [1.54, 1.807) is 6.07 Å². The highest BCUT2D eigenvalue weighted by Crippen LogP contribution is 2.31. The first-order valence-electron chi connectivity index (χ1n) is 10.2. The number of benzene rings is 3. The van der Waals surface area contributed by atoms with Crippen molar-refractivity contribution in [3.8, 4) is 5.75 Å². The van der Waals surface area contributed by atoms with Gasteiger partial charge in [-0.15, -0.1) is 0 Å². The molecule has 1 amide bonds. The van der Waals surface area contributed by atoms with Crippen LogP contribution in [0.25, 0.3) is 0 Å². The zero-order valence-electron chi connectivity index (χ0n) is 18.5. The second-order valence-electron chi connectivity index (χ2n) is 7.44. The highest BCUT2D eigenvalue weighted by molar-refractivity contribution is 7.87. The molecule has 6 nitrogen and oxygen atoms in total. The lowest BCUT2D eigenvalue weighted by Crippen LogP contribution is -2.33. The molecule has 35 heavy (non-hydrogen) atoms. The Balaban J connectivity index is 1.82. The number of methoxy groups -OCH3 is 1. The van der Waals surface area contributed by atoms with Gasteiger partial charge in [-0.3, -0.25) is 4.79 Å². The molecule has 0 aliphatic rings. The molecule has 3 aromatic carbocycles. The number of halogens is 4. The van der Waals surface area contributed by atoms with Gasteiger partial charge in [-0.2, -0.15) is 21.6 Å². The van der Waals surface area contributed by atoms with Crippen LogP contribution in [0.3, 0.4) is 0 Å². The number of carbonyl (C=O) groups is 1. The average Bonchev–Trinajstić information content (AvgIpc) is 2.81. The maximum atomic E-state index is 13.6. The largest absolute Gasteiger partial charge is 0.416 e. The van der Waals surface area contributed by atoms with E-state index in [9.17, 15) is 30.8 Å². The van der Waals surface area contributed by atoms with Gasteiger partial charge < -0.3 is 13.8 Å². The third-order valence-corrected chi connectivity index (χ3v) is 6.10. The quantitative estimate of drug-likeness (QED) is 0.302. The van der Waals surface area contributed by atoms with E-state index >= 15 is 0 Å². The molecule has 0 unspecified atom stereocenters. The Morgan fingerprint density at radius 1 is 0.971 bits per heavy atom. The number of ether oxygens (including phenoxy) is 1. The van der Waals surface area contributed by atoms with Crippen LogP contribution in [0.5, 0.6) is 5.75 Å². The molecule has 0 aliphatic heterocycles. The van der Waals surface area contributed by atoms with E-state index < -0.39 is 38.5 Å². The summed E-state index contributed by atoms with van der Waals surface area (Å²) in [5, 5.41) is 0. The number of nitrogens with zero attached hydrogens (tertiary/aromatic N) is 1. The van der Waals surface area contributed by atoms with Crippen LogP contribution in [0.4, 0.5) is 17.6 Å². The Morgan fingerprint density at radius 3 is 2.37 bits per heavy atom. The Bertz CT molecular complexity index is 1290. The van der Waals surface area contributed by atoms with Gasteiger partial charge in [-0.25, -0.2) is 4.39 Å². The van der Waals surface area contributed by atoms with E-state index in [0.29, 0.717) is 11.6 Å². The van der Waals surface area contributed by atoms with Crippen LogP contribution in [0.1, 0.15) is 21.5 Å². The van der Waals surface area contributed by atoms with E-state index in [2.05, 4.69) is 0 Å². The predicted octanol–water partition coefficient (Wildman–Crippen LogP) is 4.90. The van der Waals surface area contributed by atoms with Crippen LogP contribution in [-0.4, -0.2) is 39.5 Å². The summed E-state index contributed by atoms with van der Waals surface area (Å²) in [7, 11) is -3.11. The third-order valence-electron chi connectivity index (χ3n) is 4.85. The molecular formula is C24H21F4NO5S. The SMILES string of the molecule is COCCN(Cc1cccc(OS(=O)(=O)c2cccc(C(F)(F)F)c2)c1)C(=O)c1cccc(F)c1. The molecule has 11 heteroatoms. The number of alkyl halides is 3. The normalized spacial score (nSPS) is 11.8. The van der Waals surface area contributed by atoms with Gasteiger partial charge >= 0.3 is 16.3 Å². The lowest BCUT2D eigenvalue weighted by molar-refractivity contribution is -0.137. The highest BCUT2D eigenvalue weighted by Gasteiger charge is 2.32. The van der Waals surface area contributed by atoms with Crippen molar-refractivity contribution in [2.75, 3.05) is 20.3 Å². The molecule has 0 N–H and O–H groups in total.